The van der Waals surface area contributed by atoms with Crippen LogP contribution in [0.4, 0.5) is 0 Å². The highest BCUT2D eigenvalue weighted by Gasteiger charge is 2.33. The van der Waals surface area contributed by atoms with Gasteiger partial charge in [-0.2, -0.15) is 0 Å². The predicted octanol–water partition coefficient (Wildman–Crippen LogP) is 6.03. The van der Waals surface area contributed by atoms with Gasteiger partial charge in [0.05, 0.1) is 13.2 Å². The fourth-order valence-corrected chi connectivity index (χ4v) is 7.77. The van der Waals surface area contributed by atoms with E-state index in [9.17, 15) is 0 Å². The van der Waals surface area contributed by atoms with Gasteiger partial charge < -0.3 is 13.6 Å². The summed E-state index contributed by atoms with van der Waals surface area (Å²) < 4.78 is 18.0. The topological polar surface area (TPSA) is 27.7 Å². The summed E-state index contributed by atoms with van der Waals surface area (Å²) in [6.45, 7) is 17.3. The maximum Gasteiger partial charge on any atom is 0.268 e. The number of hydrogen-bond acceptors (Lipinski definition) is 3. The van der Waals surface area contributed by atoms with Crippen molar-refractivity contribution in [1.29, 1.82) is 0 Å². The maximum atomic E-state index is 6.27. The quantitative estimate of drug-likeness (QED) is 0.246. The zero-order valence-corrected chi connectivity index (χ0v) is 17.8. The summed E-state index contributed by atoms with van der Waals surface area (Å²) in [7, 11) is -1.76. The van der Waals surface area contributed by atoms with E-state index in [2.05, 4.69) is 48.1 Å². The molecule has 0 aliphatic rings. The Labute approximate surface area is 140 Å². The molecule has 0 radical (unpaired) electrons. The zero-order valence-electron chi connectivity index (χ0n) is 15.8. The summed E-state index contributed by atoms with van der Waals surface area (Å²) in [5.74, 6) is 1.24. The average molecular weight is 345 g/mol. The second-order valence-electron chi connectivity index (χ2n) is 5.83. The molecule has 0 amide bonds. The summed E-state index contributed by atoms with van der Waals surface area (Å²) in [4.78, 5) is 0. The van der Waals surface area contributed by atoms with Crippen molar-refractivity contribution < 1.29 is 13.6 Å². The van der Waals surface area contributed by atoms with E-state index >= 15 is 0 Å². The number of rotatable bonds is 12. The molecule has 0 aromatic carbocycles. The molecule has 0 heterocycles. The molecular weight excluding hydrogens is 308 g/mol. The Morgan fingerprint density at radius 2 is 1.14 bits per heavy atom. The van der Waals surface area contributed by atoms with Gasteiger partial charge in [-0.3, -0.25) is 0 Å². The molecule has 0 atom stereocenters. The molecule has 22 heavy (non-hydrogen) atoms. The van der Waals surface area contributed by atoms with Crippen LogP contribution in [-0.4, -0.2) is 23.7 Å². The molecule has 3 nitrogen and oxygen atoms in total. The summed E-state index contributed by atoms with van der Waals surface area (Å²) in [5, 5.41) is 0. The Bertz CT molecular complexity index is 342. The van der Waals surface area contributed by atoms with Gasteiger partial charge in [0.1, 0.15) is 5.76 Å². The van der Waals surface area contributed by atoms with Crippen molar-refractivity contribution in [3.63, 3.8) is 0 Å². The molecule has 0 saturated carbocycles. The molecular formula is C17H36O3Si2. The molecule has 5 heteroatoms. The lowest BCUT2D eigenvalue weighted by molar-refractivity contribution is 0.141. The van der Waals surface area contributed by atoms with Crippen molar-refractivity contribution in [1.82, 2.24) is 0 Å². The first-order chi connectivity index (χ1) is 10.4. The predicted molar refractivity (Wildman–Crippen MR) is 101 cm³/mol. The second-order valence-corrected chi connectivity index (χ2v) is 15.2. The lowest BCUT2D eigenvalue weighted by Gasteiger charge is -2.31. The Balaban J connectivity index is 5.08. The van der Waals surface area contributed by atoms with Crippen molar-refractivity contribution >= 4 is 16.6 Å². The van der Waals surface area contributed by atoms with Crippen molar-refractivity contribution in [3.8, 4) is 0 Å². The first-order valence-corrected chi connectivity index (χ1v) is 13.8. The second kappa shape index (κ2) is 10.2. The first-order valence-electron chi connectivity index (χ1n) is 8.72. The van der Waals surface area contributed by atoms with E-state index in [4.69, 9.17) is 13.6 Å². The van der Waals surface area contributed by atoms with Gasteiger partial charge in [0.25, 0.3) is 14.3 Å². The van der Waals surface area contributed by atoms with E-state index in [0.29, 0.717) is 11.7 Å². The Hall–Kier alpha value is -0.686. The Morgan fingerprint density at radius 3 is 1.45 bits per heavy atom. The van der Waals surface area contributed by atoms with Crippen LogP contribution in [0.5, 0.6) is 0 Å². The lowest BCUT2D eigenvalue weighted by atomic mass is 10.5. The lowest BCUT2D eigenvalue weighted by Crippen LogP contribution is -2.36. The smallest absolute Gasteiger partial charge is 0.268 e. The van der Waals surface area contributed by atoms with Crippen molar-refractivity contribution in [3.05, 3.63) is 24.4 Å². The van der Waals surface area contributed by atoms with Crippen LogP contribution in [0.25, 0.3) is 0 Å². The SMILES string of the molecule is C=C(/C=C(\OC)O[Si](CC)(CC)CC)O[Si](CC)(CC)CC. The first kappa shape index (κ1) is 21.3. The molecule has 0 spiro atoms. The van der Waals surface area contributed by atoms with E-state index in [1.54, 1.807) is 7.11 Å². The highest BCUT2D eigenvalue weighted by Crippen LogP contribution is 2.28. The highest BCUT2D eigenvalue weighted by atomic mass is 28.4. The van der Waals surface area contributed by atoms with Gasteiger partial charge in [-0.15, -0.1) is 0 Å². The fourth-order valence-electron chi connectivity index (χ4n) is 2.72. The highest BCUT2D eigenvalue weighted by molar-refractivity contribution is 6.74. The molecule has 0 aromatic rings. The van der Waals surface area contributed by atoms with Gasteiger partial charge in [-0.25, -0.2) is 0 Å². The third-order valence-corrected chi connectivity index (χ3v) is 14.1. The van der Waals surface area contributed by atoms with E-state index in [1.807, 2.05) is 6.08 Å². The van der Waals surface area contributed by atoms with Crippen LogP contribution in [-0.2, 0) is 13.6 Å². The minimum Gasteiger partial charge on any atom is -0.544 e. The third kappa shape index (κ3) is 5.84. The van der Waals surface area contributed by atoms with Crippen LogP contribution in [0.1, 0.15) is 41.5 Å². The molecule has 0 saturated heterocycles. The average Bonchev–Trinajstić information content (AvgIpc) is 2.56. The molecule has 0 N–H and O–H groups in total. The molecule has 0 bridgehead atoms. The van der Waals surface area contributed by atoms with Crippen LogP contribution in [0.2, 0.25) is 36.3 Å². The molecule has 0 aliphatic heterocycles. The normalized spacial score (nSPS) is 13.0. The van der Waals surface area contributed by atoms with E-state index in [0.717, 1.165) is 36.3 Å². The van der Waals surface area contributed by atoms with Crippen molar-refractivity contribution in [2.75, 3.05) is 7.11 Å². The molecule has 0 aromatic heterocycles. The maximum absolute atomic E-state index is 6.27. The largest absolute Gasteiger partial charge is 0.544 e. The third-order valence-electron chi connectivity index (χ3n) is 5.01. The van der Waals surface area contributed by atoms with Gasteiger partial charge in [0.15, 0.2) is 0 Å². The van der Waals surface area contributed by atoms with E-state index in [-0.39, 0.29) is 0 Å². The van der Waals surface area contributed by atoms with Crippen molar-refractivity contribution in [2.24, 2.45) is 0 Å². The standard InChI is InChI=1S/C17H36O3Si2/c1-9-21(10-2,11-3)19-16(7)15-17(18-8)20-22(12-4,13-5)14-6/h15H,7,9-14H2,1-6,8H3/b17-15+. The number of hydrogen-bond donors (Lipinski definition) is 0. The van der Waals surface area contributed by atoms with Gasteiger partial charge >= 0.3 is 0 Å². The summed E-state index contributed by atoms with van der Waals surface area (Å²) in [5.41, 5.74) is 0. The van der Waals surface area contributed by atoms with E-state index < -0.39 is 16.6 Å². The number of allylic oxidation sites excluding steroid dienone is 1. The zero-order chi connectivity index (χ0) is 17.2. The van der Waals surface area contributed by atoms with Gasteiger partial charge in [0.2, 0.25) is 8.32 Å². The van der Waals surface area contributed by atoms with E-state index in [1.165, 1.54) is 0 Å². The number of methoxy groups -OCH3 is 1. The molecule has 0 rings (SSSR count). The Kier molecular flexibility index (Phi) is 9.84. The van der Waals surface area contributed by atoms with Crippen LogP contribution < -0.4 is 0 Å². The molecule has 0 aliphatic carbocycles. The Morgan fingerprint density at radius 1 is 0.773 bits per heavy atom. The summed E-state index contributed by atoms with van der Waals surface area (Å²) in [6.07, 6.45) is 1.84. The van der Waals surface area contributed by atoms with Crippen LogP contribution >= 0.6 is 0 Å². The van der Waals surface area contributed by atoms with Crippen LogP contribution in [0.15, 0.2) is 24.4 Å². The summed E-state index contributed by atoms with van der Waals surface area (Å²) >= 11 is 0. The molecule has 0 fully saturated rings. The number of ether oxygens (including phenoxy) is 1. The monoisotopic (exact) mass is 344 g/mol. The van der Waals surface area contributed by atoms with Gasteiger partial charge in [-0.1, -0.05) is 48.1 Å². The van der Waals surface area contributed by atoms with Crippen LogP contribution in [0, 0.1) is 0 Å². The summed E-state index contributed by atoms with van der Waals surface area (Å²) in [6, 6.07) is 6.58. The van der Waals surface area contributed by atoms with Gasteiger partial charge in [-0.05, 0) is 36.3 Å². The fraction of sp³-hybridized carbons (Fsp3) is 0.765. The molecule has 0 unspecified atom stereocenters. The minimum absolute atomic E-state index is 0.563. The molecule has 130 valence electrons. The van der Waals surface area contributed by atoms with Crippen molar-refractivity contribution in [2.45, 2.75) is 77.8 Å². The van der Waals surface area contributed by atoms with Crippen LogP contribution in [0.3, 0.4) is 0 Å². The van der Waals surface area contributed by atoms with Gasteiger partial charge in [0, 0.05) is 0 Å². The minimum atomic E-state index is -1.73.